The van der Waals surface area contributed by atoms with Crippen molar-refractivity contribution in [3.05, 3.63) is 33.8 Å². The predicted octanol–water partition coefficient (Wildman–Crippen LogP) is 9.18. The van der Waals surface area contributed by atoms with Gasteiger partial charge in [-0.2, -0.15) is 0 Å². The first-order valence-corrected chi connectivity index (χ1v) is 18.8. The number of aromatic nitrogens is 1. The van der Waals surface area contributed by atoms with Crippen molar-refractivity contribution in [1.82, 2.24) is 4.98 Å². The van der Waals surface area contributed by atoms with E-state index in [1.54, 1.807) is 11.3 Å². The standard InChI is InChI=1S/C33H55NO4SSi/c1-22-17-15-13-14-16-18-28(23(2)19-27-21-39-26(5)34-27)37-30(35)20-29(38-40(11,12)32(6,7)8)33(9,10)31(36)25(4)24(22)3/h14,16,19,21-22,24-25,28-29H,13,15,17-18,20H2,1-12H3/b16-14-,23-19+/t22?,24-,25+,28-,29-/m0/s1. The smallest absolute Gasteiger partial charge is 0.309 e. The highest BCUT2D eigenvalue weighted by molar-refractivity contribution is 7.09. The Kier molecular flexibility index (Phi) is 12.2. The van der Waals surface area contributed by atoms with Gasteiger partial charge in [-0.15, -0.1) is 11.3 Å². The number of hydrogen-bond acceptors (Lipinski definition) is 6. The molecule has 0 amide bonds. The van der Waals surface area contributed by atoms with E-state index in [1.165, 1.54) is 0 Å². The van der Waals surface area contributed by atoms with Crippen molar-refractivity contribution in [2.45, 2.75) is 132 Å². The van der Waals surface area contributed by atoms with E-state index >= 15 is 0 Å². The molecule has 0 saturated heterocycles. The highest BCUT2D eigenvalue weighted by Gasteiger charge is 2.48. The first-order valence-electron chi connectivity index (χ1n) is 15.0. The Bertz CT molecular complexity index is 1060. The van der Waals surface area contributed by atoms with Gasteiger partial charge in [-0.05, 0) is 68.3 Å². The van der Waals surface area contributed by atoms with Gasteiger partial charge in [-0.25, -0.2) is 4.98 Å². The largest absolute Gasteiger partial charge is 0.457 e. The zero-order valence-electron chi connectivity index (χ0n) is 27.2. The summed E-state index contributed by atoms with van der Waals surface area (Å²) in [5.74, 6) is 0.388. The molecular formula is C33H55NO4SSi. The van der Waals surface area contributed by atoms with Crippen LogP contribution in [-0.4, -0.2) is 37.3 Å². The SMILES string of the molecule is C/C(=C\c1csc(C)n1)[C@@H]1C/C=C\CCCC(C)[C@H](C)[C@@H](C)C(=O)C(C)(C)[C@@H](O[Si](C)(C)C(C)(C)C)CC(=O)O1. The fraction of sp³-hybridized carbons (Fsp3) is 0.727. The van der Waals surface area contributed by atoms with Crippen molar-refractivity contribution in [2.24, 2.45) is 23.2 Å². The molecule has 7 heteroatoms. The lowest BCUT2D eigenvalue weighted by Crippen LogP contribution is -2.52. The average Bonchev–Trinajstić information content (AvgIpc) is 3.25. The van der Waals surface area contributed by atoms with Gasteiger partial charge in [-0.3, -0.25) is 9.59 Å². The van der Waals surface area contributed by atoms with Gasteiger partial charge in [0, 0.05) is 23.1 Å². The van der Waals surface area contributed by atoms with E-state index in [0.29, 0.717) is 12.3 Å². The number of carbonyl (C=O) groups is 2. The van der Waals surface area contributed by atoms with Gasteiger partial charge in [0.15, 0.2) is 8.32 Å². The Morgan fingerprint density at radius 1 is 1.18 bits per heavy atom. The second-order valence-corrected chi connectivity index (χ2v) is 19.9. The molecule has 1 aromatic rings. The van der Waals surface area contributed by atoms with E-state index in [4.69, 9.17) is 9.16 Å². The Labute approximate surface area is 249 Å². The van der Waals surface area contributed by atoms with Crippen molar-refractivity contribution in [3.63, 3.8) is 0 Å². The molecule has 5 nitrogen and oxygen atoms in total. The third-order valence-corrected chi connectivity index (χ3v) is 14.8. The van der Waals surface area contributed by atoms with Crippen LogP contribution in [0.25, 0.3) is 6.08 Å². The molecule has 0 bridgehead atoms. The van der Waals surface area contributed by atoms with Crippen LogP contribution < -0.4 is 0 Å². The average molecular weight is 590 g/mol. The molecule has 0 spiro atoms. The van der Waals surface area contributed by atoms with Crippen LogP contribution in [0.1, 0.15) is 105 Å². The summed E-state index contributed by atoms with van der Waals surface area (Å²) in [6, 6.07) is 0. The lowest BCUT2D eigenvalue weighted by Gasteiger charge is -2.44. The van der Waals surface area contributed by atoms with E-state index in [0.717, 1.165) is 35.5 Å². The van der Waals surface area contributed by atoms with Crippen molar-refractivity contribution in [3.8, 4) is 0 Å². The number of thiazole rings is 1. The molecule has 40 heavy (non-hydrogen) atoms. The summed E-state index contributed by atoms with van der Waals surface area (Å²) in [4.78, 5) is 32.3. The number of carbonyl (C=O) groups excluding carboxylic acids is 2. The number of Topliss-reactive ketones (excluding diaryl/α,β-unsaturated/α-hetero) is 1. The van der Waals surface area contributed by atoms with Crippen molar-refractivity contribution in [2.75, 3.05) is 0 Å². The van der Waals surface area contributed by atoms with Crippen LogP contribution in [-0.2, 0) is 18.8 Å². The molecule has 0 saturated carbocycles. The Morgan fingerprint density at radius 2 is 1.82 bits per heavy atom. The van der Waals surface area contributed by atoms with Crippen LogP contribution in [0.15, 0.2) is 23.1 Å². The maximum Gasteiger partial charge on any atom is 0.309 e. The molecule has 1 aliphatic rings. The molecule has 0 aliphatic carbocycles. The zero-order chi connectivity index (χ0) is 30.5. The summed E-state index contributed by atoms with van der Waals surface area (Å²) in [5, 5.41) is 2.97. The van der Waals surface area contributed by atoms with E-state index in [2.05, 4.69) is 71.8 Å². The number of hydrogen-bond donors (Lipinski definition) is 0. The molecule has 0 aromatic carbocycles. The lowest BCUT2D eigenvalue weighted by atomic mass is 9.70. The lowest BCUT2D eigenvalue weighted by molar-refractivity contribution is -0.153. The normalized spacial score (nSPS) is 29.2. The minimum Gasteiger partial charge on any atom is -0.457 e. The summed E-state index contributed by atoms with van der Waals surface area (Å²) in [6.07, 6.45) is 9.16. The maximum atomic E-state index is 14.1. The molecule has 2 rings (SSSR count). The number of esters is 1. The maximum absolute atomic E-state index is 14.1. The van der Waals surface area contributed by atoms with Crippen LogP contribution in [0.3, 0.4) is 0 Å². The minimum absolute atomic E-state index is 0.0468. The molecule has 1 aromatic heterocycles. The van der Waals surface area contributed by atoms with Crippen LogP contribution in [0.5, 0.6) is 0 Å². The van der Waals surface area contributed by atoms with Crippen molar-refractivity contribution in [1.29, 1.82) is 0 Å². The van der Waals surface area contributed by atoms with Crippen LogP contribution in [0.2, 0.25) is 18.1 Å². The summed E-state index contributed by atoms with van der Waals surface area (Å²) in [6.45, 7) is 25.4. The number of allylic oxidation sites excluding steroid dienone is 1. The van der Waals surface area contributed by atoms with Gasteiger partial charge in [0.25, 0.3) is 0 Å². The molecule has 0 fully saturated rings. The fourth-order valence-corrected chi connectivity index (χ4v) is 7.08. The van der Waals surface area contributed by atoms with E-state index in [9.17, 15) is 9.59 Å². The molecule has 0 radical (unpaired) electrons. The highest BCUT2D eigenvalue weighted by Crippen LogP contribution is 2.42. The number of rotatable bonds is 4. The van der Waals surface area contributed by atoms with E-state index in [1.807, 2.05) is 39.2 Å². The van der Waals surface area contributed by atoms with Gasteiger partial charge in [0.1, 0.15) is 11.9 Å². The molecule has 1 unspecified atom stereocenters. The Hall–Kier alpha value is -1.57. The summed E-state index contributed by atoms with van der Waals surface area (Å²) in [5.41, 5.74) is 1.00. The van der Waals surface area contributed by atoms with Gasteiger partial charge < -0.3 is 9.16 Å². The summed E-state index contributed by atoms with van der Waals surface area (Å²) in [7, 11) is -2.29. The minimum atomic E-state index is -2.29. The highest BCUT2D eigenvalue weighted by atomic mass is 32.1. The van der Waals surface area contributed by atoms with Gasteiger partial charge in [-0.1, -0.05) is 74.0 Å². The Balaban J connectivity index is 2.49. The van der Waals surface area contributed by atoms with E-state index in [-0.39, 0.29) is 35.0 Å². The topological polar surface area (TPSA) is 65.5 Å². The van der Waals surface area contributed by atoms with Crippen LogP contribution in [0, 0.1) is 30.1 Å². The second kappa shape index (κ2) is 14.1. The van der Waals surface area contributed by atoms with Gasteiger partial charge in [0.2, 0.25) is 0 Å². The monoisotopic (exact) mass is 589 g/mol. The summed E-state index contributed by atoms with van der Waals surface area (Å²) < 4.78 is 13.0. The van der Waals surface area contributed by atoms with Crippen LogP contribution in [0.4, 0.5) is 0 Å². The molecule has 226 valence electrons. The summed E-state index contributed by atoms with van der Waals surface area (Å²) >= 11 is 1.61. The third kappa shape index (κ3) is 9.22. The van der Waals surface area contributed by atoms with E-state index < -0.39 is 25.9 Å². The number of cyclic esters (lactones) is 1. The Morgan fingerprint density at radius 3 is 2.40 bits per heavy atom. The molecule has 5 atom stereocenters. The molecule has 1 aliphatic heterocycles. The first-order chi connectivity index (χ1) is 18.4. The molecule has 0 N–H and O–H groups in total. The quantitative estimate of drug-likeness (QED) is 0.199. The van der Waals surface area contributed by atoms with Gasteiger partial charge >= 0.3 is 5.97 Å². The predicted molar refractivity (Wildman–Crippen MR) is 171 cm³/mol. The fourth-order valence-electron chi connectivity index (χ4n) is 5.07. The molecule has 2 heterocycles. The number of ketones is 1. The van der Waals surface area contributed by atoms with Crippen molar-refractivity contribution >= 4 is 37.5 Å². The molecular weight excluding hydrogens is 535 g/mol. The third-order valence-electron chi connectivity index (χ3n) is 9.48. The van der Waals surface area contributed by atoms with Gasteiger partial charge in [0.05, 0.1) is 23.2 Å². The first kappa shape index (κ1) is 34.6. The number of nitrogens with zero attached hydrogens (tertiary/aromatic N) is 1. The number of ether oxygens (including phenoxy) is 1. The van der Waals surface area contributed by atoms with Crippen molar-refractivity contribution < 1.29 is 18.8 Å². The zero-order valence-corrected chi connectivity index (χ0v) is 29.0. The second-order valence-electron chi connectivity index (χ2n) is 14.1. The van der Waals surface area contributed by atoms with Crippen LogP contribution >= 0.6 is 11.3 Å². The number of aryl methyl sites for hydroxylation is 1.